The lowest BCUT2D eigenvalue weighted by Gasteiger charge is -2.24. The van der Waals surface area contributed by atoms with Crippen molar-refractivity contribution in [2.75, 3.05) is 12.3 Å². The van der Waals surface area contributed by atoms with Gasteiger partial charge < -0.3 is 10.6 Å². The Morgan fingerprint density at radius 3 is 2.44 bits per heavy atom. The molecule has 1 saturated carbocycles. The molecule has 1 fully saturated rings. The monoisotopic (exact) mass is 258 g/mol. The van der Waals surface area contributed by atoms with Gasteiger partial charge in [0.2, 0.25) is 0 Å². The number of anilines is 1. The van der Waals surface area contributed by atoms with Crippen LogP contribution >= 0.6 is 0 Å². The first-order valence-corrected chi connectivity index (χ1v) is 5.61. The SMILES string of the molecule is Nc1ccccc1C(=O)N(CC(F)(F)F)C1CC1. The van der Waals surface area contributed by atoms with Crippen molar-refractivity contribution >= 4 is 11.6 Å². The van der Waals surface area contributed by atoms with E-state index in [0.29, 0.717) is 12.8 Å². The Hall–Kier alpha value is -1.72. The predicted octanol–water partition coefficient (Wildman–Crippen LogP) is 2.44. The summed E-state index contributed by atoms with van der Waals surface area (Å²) in [6.45, 7) is -1.22. The molecule has 3 nitrogen and oxygen atoms in total. The molecule has 1 aliphatic carbocycles. The molecule has 0 unspecified atom stereocenters. The number of nitrogens with two attached hydrogens (primary N) is 1. The topological polar surface area (TPSA) is 46.3 Å². The zero-order valence-corrected chi connectivity index (χ0v) is 9.57. The average molecular weight is 258 g/mol. The van der Waals surface area contributed by atoms with Crippen LogP contribution < -0.4 is 5.73 Å². The maximum absolute atomic E-state index is 12.4. The van der Waals surface area contributed by atoms with Crippen molar-refractivity contribution in [1.29, 1.82) is 0 Å². The fourth-order valence-electron chi connectivity index (χ4n) is 1.79. The number of hydrogen-bond acceptors (Lipinski definition) is 2. The molecule has 1 amide bonds. The number of halogens is 3. The van der Waals surface area contributed by atoms with Gasteiger partial charge in [-0.25, -0.2) is 0 Å². The molecule has 1 aliphatic rings. The molecule has 6 heteroatoms. The number of alkyl halides is 3. The van der Waals surface area contributed by atoms with Crippen LogP contribution in [0.2, 0.25) is 0 Å². The minimum atomic E-state index is -4.39. The summed E-state index contributed by atoms with van der Waals surface area (Å²) in [5.74, 6) is -0.645. The third kappa shape index (κ3) is 2.94. The molecule has 98 valence electrons. The molecule has 0 spiro atoms. The average Bonchev–Trinajstić information content (AvgIpc) is 3.08. The number of carbonyl (C=O) groups is 1. The Kier molecular flexibility index (Phi) is 3.19. The summed E-state index contributed by atoms with van der Waals surface area (Å²) in [4.78, 5) is 12.9. The van der Waals surface area contributed by atoms with Gasteiger partial charge in [0, 0.05) is 11.7 Å². The van der Waals surface area contributed by atoms with Crippen LogP contribution in [0.25, 0.3) is 0 Å². The Morgan fingerprint density at radius 2 is 1.94 bits per heavy atom. The second-order valence-corrected chi connectivity index (χ2v) is 4.37. The van der Waals surface area contributed by atoms with Gasteiger partial charge in [0.15, 0.2) is 0 Å². The van der Waals surface area contributed by atoms with E-state index in [1.54, 1.807) is 12.1 Å². The van der Waals surface area contributed by atoms with Crippen LogP contribution in [0, 0.1) is 0 Å². The molecule has 0 radical (unpaired) electrons. The van der Waals surface area contributed by atoms with Crippen molar-refractivity contribution in [2.24, 2.45) is 0 Å². The Morgan fingerprint density at radius 1 is 1.33 bits per heavy atom. The quantitative estimate of drug-likeness (QED) is 0.846. The number of hydrogen-bond donors (Lipinski definition) is 1. The number of carbonyl (C=O) groups excluding carboxylic acids is 1. The van der Waals surface area contributed by atoms with Crippen LogP contribution in [0.4, 0.5) is 18.9 Å². The van der Waals surface area contributed by atoms with Gasteiger partial charge in [0.25, 0.3) is 5.91 Å². The van der Waals surface area contributed by atoms with Crippen molar-refractivity contribution in [3.8, 4) is 0 Å². The molecule has 2 rings (SSSR count). The number of nitrogen functional groups attached to an aromatic ring is 1. The van der Waals surface area contributed by atoms with Gasteiger partial charge in [0.1, 0.15) is 6.54 Å². The van der Waals surface area contributed by atoms with Gasteiger partial charge in [0.05, 0.1) is 5.56 Å². The van der Waals surface area contributed by atoms with Crippen LogP contribution in [0.5, 0.6) is 0 Å². The van der Waals surface area contributed by atoms with E-state index in [2.05, 4.69) is 0 Å². The Balaban J connectivity index is 2.21. The van der Waals surface area contributed by atoms with E-state index in [1.807, 2.05) is 0 Å². The first-order chi connectivity index (χ1) is 8.38. The summed E-state index contributed by atoms with van der Waals surface area (Å²) in [5, 5.41) is 0. The highest BCUT2D eigenvalue weighted by Crippen LogP contribution is 2.32. The summed E-state index contributed by atoms with van der Waals surface area (Å²) in [6, 6.07) is 5.87. The number of nitrogens with zero attached hydrogens (tertiary/aromatic N) is 1. The molecular weight excluding hydrogens is 245 g/mol. The van der Waals surface area contributed by atoms with Gasteiger partial charge in [-0.15, -0.1) is 0 Å². The number of amides is 1. The highest BCUT2D eigenvalue weighted by Gasteiger charge is 2.41. The normalized spacial score (nSPS) is 15.5. The molecule has 1 aromatic carbocycles. The van der Waals surface area contributed by atoms with Crippen molar-refractivity contribution in [2.45, 2.75) is 25.1 Å². The van der Waals surface area contributed by atoms with E-state index in [9.17, 15) is 18.0 Å². The van der Waals surface area contributed by atoms with E-state index in [-0.39, 0.29) is 17.3 Å². The maximum Gasteiger partial charge on any atom is 0.406 e. The molecule has 0 aromatic heterocycles. The van der Waals surface area contributed by atoms with Crippen molar-refractivity contribution in [1.82, 2.24) is 4.90 Å². The minimum absolute atomic E-state index is 0.133. The second-order valence-electron chi connectivity index (χ2n) is 4.37. The van der Waals surface area contributed by atoms with E-state index in [1.165, 1.54) is 12.1 Å². The molecule has 1 aromatic rings. The van der Waals surface area contributed by atoms with E-state index in [4.69, 9.17) is 5.73 Å². The predicted molar refractivity (Wildman–Crippen MR) is 61.0 cm³/mol. The molecule has 0 atom stereocenters. The highest BCUT2D eigenvalue weighted by molar-refractivity contribution is 5.99. The van der Waals surface area contributed by atoms with Crippen LogP contribution in [-0.4, -0.2) is 29.6 Å². The molecular formula is C12H13F3N2O. The fraction of sp³-hybridized carbons (Fsp3) is 0.417. The van der Waals surface area contributed by atoms with Crippen LogP contribution in [0.1, 0.15) is 23.2 Å². The molecule has 0 aliphatic heterocycles. The van der Waals surface area contributed by atoms with Gasteiger partial charge in [-0.2, -0.15) is 13.2 Å². The van der Waals surface area contributed by atoms with Gasteiger partial charge in [-0.1, -0.05) is 12.1 Å². The van der Waals surface area contributed by atoms with Crippen molar-refractivity contribution in [3.05, 3.63) is 29.8 Å². The summed E-state index contributed by atoms with van der Waals surface area (Å²) in [6.07, 6.45) is -3.15. The lowest BCUT2D eigenvalue weighted by atomic mass is 10.1. The third-order valence-corrected chi connectivity index (χ3v) is 2.79. The first kappa shape index (κ1) is 12.7. The largest absolute Gasteiger partial charge is 0.406 e. The van der Waals surface area contributed by atoms with Crippen LogP contribution in [-0.2, 0) is 0 Å². The number of para-hydroxylation sites is 1. The number of benzene rings is 1. The first-order valence-electron chi connectivity index (χ1n) is 5.61. The molecule has 2 N–H and O–H groups in total. The zero-order valence-electron chi connectivity index (χ0n) is 9.57. The smallest absolute Gasteiger partial charge is 0.398 e. The summed E-state index contributed by atoms with van der Waals surface area (Å²) in [7, 11) is 0. The standard InChI is InChI=1S/C12H13F3N2O/c13-12(14,15)7-17(8-5-6-8)11(18)9-3-1-2-4-10(9)16/h1-4,8H,5-7,16H2. The fourth-order valence-corrected chi connectivity index (χ4v) is 1.79. The zero-order chi connectivity index (χ0) is 13.3. The highest BCUT2D eigenvalue weighted by atomic mass is 19.4. The Bertz CT molecular complexity index is 455. The second kappa shape index (κ2) is 4.51. The maximum atomic E-state index is 12.4. The van der Waals surface area contributed by atoms with Gasteiger partial charge >= 0.3 is 6.18 Å². The van der Waals surface area contributed by atoms with Crippen molar-refractivity contribution < 1.29 is 18.0 Å². The molecule has 0 saturated heterocycles. The van der Waals surface area contributed by atoms with Crippen LogP contribution in [0.15, 0.2) is 24.3 Å². The van der Waals surface area contributed by atoms with E-state index in [0.717, 1.165) is 4.90 Å². The molecule has 0 bridgehead atoms. The lowest BCUT2D eigenvalue weighted by molar-refractivity contribution is -0.141. The Labute approximate surface area is 102 Å². The summed E-state index contributed by atoms with van der Waals surface area (Å²) in [5.41, 5.74) is 5.95. The van der Waals surface area contributed by atoms with E-state index < -0.39 is 18.6 Å². The molecule has 0 heterocycles. The van der Waals surface area contributed by atoms with E-state index >= 15 is 0 Å². The lowest BCUT2D eigenvalue weighted by Crippen LogP contribution is -2.40. The summed E-state index contributed by atoms with van der Waals surface area (Å²) >= 11 is 0. The summed E-state index contributed by atoms with van der Waals surface area (Å²) < 4.78 is 37.3. The number of rotatable bonds is 3. The van der Waals surface area contributed by atoms with Crippen molar-refractivity contribution in [3.63, 3.8) is 0 Å². The van der Waals surface area contributed by atoms with Gasteiger partial charge in [-0.3, -0.25) is 4.79 Å². The third-order valence-electron chi connectivity index (χ3n) is 2.79. The van der Waals surface area contributed by atoms with Crippen LogP contribution in [0.3, 0.4) is 0 Å². The molecule has 18 heavy (non-hydrogen) atoms. The van der Waals surface area contributed by atoms with Gasteiger partial charge in [-0.05, 0) is 25.0 Å². The minimum Gasteiger partial charge on any atom is -0.398 e.